The summed E-state index contributed by atoms with van der Waals surface area (Å²) in [5.41, 5.74) is 0.791. The molecule has 1 aromatic carbocycles. The van der Waals surface area contributed by atoms with E-state index in [1.807, 2.05) is 24.3 Å². The average Bonchev–Trinajstić information content (AvgIpc) is 2.32. The number of benzene rings is 1. The molecule has 1 aliphatic carbocycles. The second kappa shape index (κ2) is 3.33. The normalized spacial score (nSPS) is 38.8. The standard InChI is InChI=1S/C14H16O3/c1-8-7-10-9-5-3-4-6-11(9)14(2,13(15)16)17-12(8)10/h3-6,8,10,12H,7H2,1-2H3,(H,15,16)/t8?,10-,12?,14?/m1/s1. The Labute approximate surface area is 100 Å². The van der Waals surface area contributed by atoms with Gasteiger partial charge in [0.15, 0.2) is 5.60 Å². The zero-order valence-electron chi connectivity index (χ0n) is 10.0. The Balaban J connectivity index is 2.15. The minimum atomic E-state index is -1.19. The Morgan fingerprint density at radius 1 is 1.47 bits per heavy atom. The molecule has 0 bridgehead atoms. The lowest BCUT2D eigenvalue weighted by molar-refractivity contribution is -0.197. The van der Waals surface area contributed by atoms with E-state index in [0.29, 0.717) is 11.8 Å². The van der Waals surface area contributed by atoms with E-state index in [1.165, 1.54) is 0 Å². The summed E-state index contributed by atoms with van der Waals surface area (Å²) in [6.07, 6.45) is 1.16. The number of carboxylic acids is 1. The van der Waals surface area contributed by atoms with Crippen molar-refractivity contribution in [2.45, 2.75) is 37.9 Å². The Hall–Kier alpha value is -1.35. The molecule has 1 aliphatic heterocycles. The van der Waals surface area contributed by atoms with E-state index in [-0.39, 0.29) is 6.10 Å². The number of hydrogen-bond acceptors (Lipinski definition) is 2. The number of hydrogen-bond donors (Lipinski definition) is 1. The van der Waals surface area contributed by atoms with Crippen molar-refractivity contribution in [1.82, 2.24) is 0 Å². The maximum absolute atomic E-state index is 11.5. The topological polar surface area (TPSA) is 46.5 Å². The first-order chi connectivity index (χ1) is 8.04. The van der Waals surface area contributed by atoms with Crippen LogP contribution in [0.2, 0.25) is 0 Å². The first kappa shape index (κ1) is 10.8. The lowest BCUT2D eigenvalue weighted by atomic mass is 9.64. The molecule has 0 radical (unpaired) electrons. The molecule has 1 N–H and O–H groups in total. The number of fused-ring (bicyclic) bond motifs is 3. The molecule has 1 fully saturated rings. The van der Waals surface area contributed by atoms with Crippen LogP contribution in [0.3, 0.4) is 0 Å². The number of aliphatic carboxylic acids is 1. The van der Waals surface area contributed by atoms with Crippen molar-refractivity contribution in [2.24, 2.45) is 5.92 Å². The fourth-order valence-electron chi connectivity index (χ4n) is 3.13. The van der Waals surface area contributed by atoms with Gasteiger partial charge in [-0.1, -0.05) is 31.2 Å². The Kier molecular flexibility index (Phi) is 2.11. The van der Waals surface area contributed by atoms with Gasteiger partial charge in [-0.15, -0.1) is 0 Å². The van der Waals surface area contributed by atoms with E-state index >= 15 is 0 Å². The van der Waals surface area contributed by atoms with Gasteiger partial charge in [-0.05, 0) is 30.4 Å². The zero-order valence-corrected chi connectivity index (χ0v) is 10.0. The third-order valence-electron chi connectivity index (χ3n) is 4.24. The monoisotopic (exact) mass is 232 g/mol. The van der Waals surface area contributed by atoms with E-state index in [4.69, 9.17) is 4.74 Å². The minimum Gasteiger partial charge on any atom is -0.479 e. The second-order valence-corrected chi connectivity index (χ2v) is 5.33. The van der Waals surface area contributed by atoms with E-state index in [1.54, 1.807) is 6.92 Å². The van der Waals surface area contributed by atoms with Gasteiger partial charge >= 0.3 is 5.97 Å². The van der Waals surface area contributed by atoms with Gasteiger partial charge in [-0.3, -0.25) is 0 Å². The van der Waals surface area contributed by atoms with Crippen molar-refractivity contribution in [3.05, 3.63) is 35.4 Å². The van der Waals surface area contributed by atoms with Gasteiger partial charge in [0.05, 0.1) is 6.10 Å². The molecule has 2 aliphatic rings. The zero-order chi connectivity index (χ0) is 12.2. The molecule has 3 rings (SSSR count). The molecule has 3 unspecified atom stereocenters. The van der Waals surface area contributed by atoms with Gasteiger partial charge in [0.1, 0.15) is 0 Å². The summed E-state index contributed by atoms with van der Waals surface area (Å²) in [5, 5.41) is 9.43. The molecule has 0 amide bonds. The summed E-state index contributed by atoms with van der Waals surface area (Å²) < 4.78 is 5.87. The van der Waals surface area contributed by atoms with Crippen molar-refractivity contribution in [2.75, 3.05) is 0 Å². The average molecular weight is 232 g/mol. The van der Waals surface area contributed by atoms with Crippen LogP contribution in [-0.2, 0) is 15.1 Å². The van der Waals surface area contributed by atoms with E-state index in [0.717, 1.165) is 17.5 Å². The Morgan fingerprint density at radius 2 is 2.18 bits per heavy atom. The molecule has 1 saturated carbocycles. The van der Waals surface area contributed by atoms with Crippen LogP contribution in [0.1, 0.15) is 37.3 Å². The lowest BCUT2D eigenvalue weighted by Crippen LogP contribution is -2.53. The van der Waals surface area contributed by atoms with Crippen LogP contribution >= 0.6 is 0 Å². The minimum absolute atomic E-state index is 0.0611. The third kappa shape index (κ3) is 1.29. The van der Waals surface area contributed by atoms with Crippen molar-refractivity contribution in [1.29, 1.82) is 0 Å². The van der Waals surface area contributed by atoms with Crippen molar-refractivity contribution < 1.29 is 14.6 Å². The van der Waals surface area contributed by atoms with E-state index in [9.17, 15) is 9.90 Å². The fourth-order valence-corrected chi connectivity index (χ4v) is 3.13. The maximum Gasteiger partial charge on any atom is 0.340 e. The molecule has 17 heavy (non-hydrogen) atoms. The summed E-state index contributed by atoms with van der Waals surface area (Å²) in [6.45, 7) is 3.78. The highest BCUT2D eigenvalue weighted by molar-refractivity contribution is 5.80. The summed E-state index contributed by atoms with van der Waals surface area (Å²) in [5.74, 6) is -0.0665. The van der Waals surface area contributed by atoms with Crippen molar-refractivity contribution >= 4 is 5.97 Å². The van der Waals surface area contributed by atoms with E-state index in [2.05, 4.69) is 6.92 Å². The maximum atomic E-state index is 11.5. The molecule has 3 nitrogen and oxygen atoms in total. The molecule has 1 aromatic rings. The molecule has 0 aromatic heterocycles. The highest BCUT2D eigenvalue weighted by Gasteiger charge is 2.53. The largest absolute Gasteiger partial charge is 0.479 e. The number of rotatable bonds is 1. The highest BCUT2D eigenvalue weighted by atomic mass is 16.5. The summed E-state index contributed by atoms with van der Waals surface area (Å²) in [4.78, 5) is 11.5. The van der Waals surface area contributed by atoms with Gasteiger partial charge in [-0.2, -0.15) is 0 Å². The van der Waals surface area contributed by atoms with Gasteiger partial charge in [-0.25, -0.2) is 4.79 Å². The summed E-state index contributed by atoms with van der Waals surface area (Å²) >= 11 is 0. The first-order valence-electron chi connectivity index (χ1n) is 6.04. The third-order valence-corrected chi connectivity index (χ3v) is 4.24. The molecule has 3 heteroatoms. The van der Waals surface area contributed by atoms with Crippen LogP contribution in [-0.4, -0.2) is 17.2 Å². The molecule has 0 saturated heterocycles. The molecule has 1 heterocycles. The molecular weight excluding hydrogens is 216 g/mol. The van der Waals surface area contributed by atoms with Crippen LogP contribution < -0.4 is 0 Å². The molecular formula is C14H16O3. The number of carbonyl (C=O) groups is 1. The molecule has 4 atom stereocenters. The summed E-state index contributed by atoms with van der Waals surface area (Å²) in [6, 6.07) is 7.78. The van der Waals surface area contributed by atoms with Crippen LogP contribution in [0, 0.1) is 5.92 Å². The van der Waals surface area contributed by atoms with E-state index < -0.39 is 11.6 Å². The van der Waals surface area contributed by atoms with Crippen LogP contribution in [0.5, 0.6) is 0 Å². The first-order valence-corrected chi connectivity index (χ1v) is 6.04. The smallest absolute Gasteiger partial charge is 0.340 e. The van der Waals surface area contributed by atoms with Gasteiger partial charge in [0.2, 0.25) is 0 Å². The van der Waals surface area contributed by atoms with Crippen LogP contribution in [0.15, 0.2) is 24.3 Å². The summed E-state index contributed by atoms with van der Waals surface area (Å²) in [7, 11) is 0. The molecule has 0 spiro atoms. The highest BCUT2D eigenvalue weighted by Crippen LogP contribution is 2.53. The number of carboxylic acid groups (broad SMARTS) is 1. The lowest BCUT2D eigenvalue weighted by Gasteiger charge is -2.51. The SMILES string of the molecule is CC1C[C@@H]2c3ccccc3C(C)(C(=O)O)OC12. The number of ether oxygens (including phenoxy) is 1. The van der Waals surface area contributed by atoms with Gasteiger partial charge in [0.25, 0.3) is 0 Å². The molecule has 90 valence electrons. The van der Waals surface area contributed by atoms with Crippen molar-refractivity contribution in [3.63, 3.8) is 0 Å². The quantitative estimate of drug-likeness (QED) is 0.809. The Morgan fingerprint density at radius 3 is 2.82 bits per heavy atom. The van der Waals surface area contributed by atoms with Gasteiger partial charge in [0, 0.05) is 5.92 Å². The predicted molar refractivity (Wildman–Crippen MR) is 62.8 cm³/mol. The van der Waals surface area contributed by atoms with Gasteiger partial charge < -0.3 is 9.84 Å². The van der Waals surface area contributed by atoms with Crippen molar-refractivity contribution in [3.8, 4) is 0 Å². The fraction of sp³-hybridized carbons (Fsp3) is 0.500. The van der Waals surface area contributed by atoms with Crippen LogP contribution in [0.4, 0.5) is 0 Å². The predicted octanol–water partition coefficient (Wildman–Crippen LogP) is 2.51. The Bertz CT molecular complexity index is 482. The second-order valence-electron chi connectivity index (χ2n) is 5.33. The van der Waals surface area contributed by atoms with Crippen LogP contribution in [0.25, 0.3) is 0 Å².